The Morgan fingerprint density at radius 2 is 1.93 bits per heavy atom. The van der Waals surface area contributed by atoms with E-state index in [9.17, 15) is 19.5 Å². The second kappa shape index (κ2) is 7.92. The van der Waals surface area contributed by atoms with Crippen LogP contribution in [0.3, 0.4) is 0 Å². The minimum Gasteiger partial charge on any atom is -0.480 e. The fourth-order valence-electron chi connectivity index (χ4n) is 3.15. The van der Waals surface area contributed by atoms with E-state index in [-0.39, 0.29) is 6.42 Å². The number of hydrogen-bond acceptors (Lipinski definition) is 4. The molecule has 3 aromatic rings. The van der Waals surface area contributed by atoms with Gasteiger partial charge in [0.2, 0.25) is 0 Å². The van der Waals surface area contributed by atoms with Gasteiger partial charge in [-0.15, -0.1) is 11.3 Å². The van der Waals surface area contributed by atoms with Crippen LogP contribution in [0.1, 0.15) is 41.8 Å². The Morgan fingerprint density at radius 1 is 1.22 bits per heavy atom. The van der Waals surface area contributed by atoms with E-state index >= 15 is 0 Å². The number of aliphatic carboxylic acids is 1. The zero-order valence-corrected chi connectivity index (χ0v) is 16.1. The molecule has 0 amide bonds. The van der Waals surface area contributed by atoms with Gasteiger partial charge in [0.05, 0.1) is 5.39 Å². The summed E-state index contributed by atoms with van der Waals surface area (Å²) in [6, 6.07) is 8.33. The van der Waals surface area contributed by atoms with Gasteiger partial charge in [-0.25, -0.2) is 14.2 Å². The molecule has 0 saturated heterocycles. The Labute approximate surface area is 160 Å². The van der Waals surface area contributed by atoms with Crippen LogP contribution in [0.2, 0.25) is 0 Å². The summed E-state index contributed by atoms with van der Waals surface area (Å²) in [6.07, 6.45) is 2.38. The molecule has 0 aliphatic carbocycles. The summed E-state index contributed by atoms with van der Waals surface area (Å²) in [5.41, 5.74) is 0.877. The minimum atomic E-state index is -1.21. The molecule has 2 N–H and O–H groups in total. The van der Waals surface area contributed by atoms with Gasteiger partial charge in [0.25, 0.3) is 5.56 Å². The summed E-state index contributed by atoms with van der Waals surface area (Å²) in [4.78, 5) is 41.3. The third-order valence-electron chi connectivity index (χ3n) is 4.59. The van der Waals surface area contributed by atoms with Crippen molar-refractivity contribution in [3.05, 3.63) is 67.2 Å². The van der Waals surface area contributed by atoms with E-state index in [1.54, 1.807) is 6.07 Å². The number of carbonyl (C=O) groups is 1. The second-order valence-corrected chi connectivity index (χ2v) is 7.83. The maximum absolute atomic E-state index is 12.9. The molecule has 0 bridgehead atoms. The number of hydrogen-bond donors (Lipinski definition) is 2. The van der Waals surface area contributed by atoms with Crippen LogP contribution in [0.25, 0.3) is 10.2 Å². The topological polar surface area (TPSA) is 92.2 Å². The maximum Gasteiger partial charge on any atom is 0.330 e. The first-order valence-corrected chi connectivity index (χ1v) is 9.78. The average molecular weight is 386 g/mol. The first-order chi connectivity index (χ1) is 12.9. The highest BCUT2D eigenvalue weighted by Gasteiger charge is 2.25. The summed E-state index contributed by atoms with van der Waals surface area (Å²) in [5.74, 6) is -1.18. The average Bonchev–Trinajstić information content (AvgIpc) is 3.02. The van der Waals surface area contributed by atoms with Crippen molar-refractivity contribution >= 4 is 27.5 Å². The SMILES string of the molecule is CCCc1cc2c(=O)n(C(CCc3ccc(C)cc3)C(=O)O)c(=O)[nH]c2s1. The van der Waals surface area contributed by atoms with Crippen LogP contribution in [0.4, 0.5) is 0 Å². The smallest absolute Gasteiger partial charge is 0.330 e. The fourth-order valence-corrected chi connectivity index (χ4v) is 4.29. The lowest BCUT2D eigenvalue weighted by Gasteiger charge is -2.14. The lowest BCUT2D eigenvalue weighted by Crippen LogP contribution is -2.40. The molecule has 2 aromatic heterocycles. The minimum absolute atomic E-state index is 0.166. The zero-order valence-electron chi connectivity index (χ0n) is 15.3. The van der Waals surface area contributed by atoms with Crippen LogP contribution >= 0.6 is 11.3 Å². The second-order valence-electron chi connectivity index (χ2n) is 6.69. The molecule has 0 aliphatic heterocycles. The molecule has 3 rings (SSSR count). The summed E-state index contributed by atoms with van der Waals surface area (Å²) in [5, 5.41) is 10.0. The van der Waals surface area contributed by atoms with E-state index in [0.717, 1.165) is 33.4 Å². The Balaban J connectivity index is 1.98. The van der Waals surface area contributed by atoms with Crippen LogP contribution in [0, 0.1) is 6.92 Å². The van der Waals surface area contributed by atoms with E-state index in [2.05, 4.69) is 4.98 Å². The van der Waals surface area contributed by atoms with Gasteiger partial charge in [0.1, 0.15) is 10.9 Å². The quantitative estimate of drug-likeness (QED) is 0.652. The molecule has 27 heavy (non-hydrogen) atoms. The maximum atomic E-state index is 12.9. The van der Waals surface area contributed by atoms with Crippen LogP contribution in [0.5, 0.6) is 0 Å². The summed E-state index contributed by atoms with van der Waals surface area (Å²) in [6.45, 7) is 4.02. The number of H-pyrrole nitrogens is 1. The van der Waals surface area contributed by atoms with Crippen molar-refractivity contribution in [2.24, 2.45) is 0 Å². The number of fused-ring (bicyclic) bond motifs is 1. The standard InChI is InChI=1S/C20H22N2O4S/c1-3-4-14-11-15-17(27-14)21-20(26)22(18(15)23)16(19(24)25)10-9-13-7-5-12(2)6-8-13/h5-8,11,16H,3-4,9-10H2,1-2H3,(H,21,26)(H,24,25). The first kappa shape index (κ1) is 19.1. The molecule has 1 atom stereocenters. The number of benzene rings is 1. The molecule has 1 unspecified atom stereocenters. The highest BCUT2D eigenvalue weighted by Crippen LogP contribution is 2.22. The highest BCUT2D eigenvalue weighted by atomic mass is 32.1. The molecule has 142 valence electrons. The fraction of sp³-hybridized carbons (Fsp3) is 0.350. The summed E-state index contributed by atoms with van der Waals surface area (Å²) < 4.78 is 0.849. The number of rotatable bonds is 7. The summed E-state index contributed by atoms with van der Waals surface area (Å²) >= 11 is 1.37. The van der Waals surface area contributed by atoms with Crippen molar-refractivity contribution in [2.75, 3.05) is 0 Å². The van der Waals surface area contributed by atoms with E-state index in [1.807, 2.05) is 38.1 Å². The summed E-state index contributed by atoms with van der Waals surface area (Å²) in [7, 11) is 0. The normalized spacial score (nSPS) is 12.4. The number of aryl methyl sites for hydroxylation is 3. The van der Waals surface area contributed by atoms with Gasteiger partial charge >= 0.3 is 11.7 Å². The van der Waals surface area contributed by atoms with Gasteiger partial charge in [0, 0.05) is 4.88 Å². The predicted molar refractivity (Wildman–Crippen MR) is 107 cm³/mol. The van der Waals surface area contributed by atoms with Gasteiger partial charge in [-0.1, -0.05) is 43.2 Å². The third-order valence-corrected chi connectivity index (χ3v) is 5.70. The van der Waals surface area contributed by atoms with Crippen LogP contribution in [-0.4, -0.2) is 20.6 Å². The van der Waals surface area contributed by atoms with Crippen molar-refractivity contribution < 1.29 is 9.90 Å². The molecule has 2 heterocycles. The molecule has 0 radical (unpaired) electrons. The number of aromatic amines is 1. The van der Waals surface area contributed by atoms with Gasteiger partial charge in [0.15, 0.2) is 0 Å². The van der Waals surface area contributed by atoms with Crippen molar-refractivity contribution in [1.29, 1.82) is 0 Å². The number of thiophene rings is 1. The van der Waals surface area contributed by atoms with Crippen LogP contribution in [0.15, 0.2) is 39.9 Å². The van der Waals surface area contributed by atoms with Gasteiger partial charge in [-0.2, -0.15) is 0 Å². The van der Waals surface area contributed by atoms with Crippen molar-refractivity contribution in [1.82, 2.24) is 9.55 Å². The van der Waals surface area contributed by atoms with Crippen LogP contribution < -0.4 is 11.2 Å². The number of nitrogens with zero attached hydrogens (tertiary/aromatic N) is 1. The number of carboxylic acids is 1. The monoisotopic (exact) mass is 386 g/mol. The molecular weight excluding hydrogens is 364 g/mol. The third kappa shape index (κ3) is 4.03. The van der Waals surface area contributed by atoms with Crippen molar-refractivity contribution in [2.45, 2.75) is 45.6 Å². The van der Waals surface area contributed by atoms with Crippen LogP contribution in [-0.2, 0) is 17.6 Å². The van der Waals surface area contributed by atoms with Crippen molar-refractivity contribution in [3.63, 3.8) is 0 Å². The van der Waals surface area contributed by atoms with Gasteiger partial charge in [-0.3, -0.25) is 9.78 Å². The Morgan fingerprint density at radius 3 is 2.56 bits per heavy atom. The lowest BCUT2D eigenvalue weighted by molar-refractivity contribution is -0.141. The van der Waals surface area contributed by atoms with Gasteiger partial charge in [-0.05, 0) is 37.8 Å². The first-order valence-electron chi connectivity index (χ1n) is 8.96. The molecule has 7 heteroatoms. The Kier molecular flexibility index (Phi) is 5.60. The Bertz CT molecular complexity index is 1080. The highest BCUT2D eigenvalue weighted by molar-refractivity contribution is 7.18. The van der Waals surface area contributed by atoms with E-state index in [4.69, 9.17) is 0 Å². The lowest BCUT2D eigenvalue weighted by atomic mass is 10.0. The number of nitrogens with one attached hydrogen (secondary N) is 1. The zero-order chi connectivity index (χ0) is 19.6. The number of aromatic nitrogens is 2. The van der Waals surface area contributed by atoms with Crippen molar-refractivity contribution in [3.8, 4) is 0 Å². The molecule has 0 fully saturated rings. The molecule has 1 aromatic carbocycles. The largest absolute Gasteiger partial charge is 0.480 e. The Hall–Kier alpha value is -2.67. The number of carboxylic acid groups (broad SMARTS) is 1. The van der Waals surface area contributed by atoms with E-state index in [0.29, 0.717) is 16.6 Å². The molecule has 6 nitrogen and oxygen atoms in total. The molecule has 0 aliphatic rings. The van der Waals surface area contributed by atoms with E-state index in [1.165, 1.54) is 11.3 Å². The van der Waals surface area contributed by atoms with Gasteiger partial charge < -0.3 is 5.11 Å². The molecular formula is C20H22N2O4S. The molecule has 0 spiro atoms. The predicted octanol–water partition coefficient (Wildman–Crippen LogP) is 3.27. The molecule has 0 saturated carbocycles. The van der Waals surface area contributed by atoms with E-state index < -0.39 is 23.3 Å².